The number of fused-ring (bicyclic) bond motifs is 1. The molecule has 1 aliphatic heterocycles. The summed E-state index contributed by atoms with van der Waals surface area (Å²) in [6.45, 7) is 4.38. The Bertz CT molecular complexity index is 453. The Labute approximate surface area is 118 Å². The number of ether oxygens (including phenoxy) is 1. The van der Waals surface area contributed by atoms with Gasteiger partial charge in [0.2, 0.25) is 5.91 Å². The fraction of sp³-hybridized carbons (Fsp3) is 0.500. The lowest BCUT2D eigenvalue weighted by Gasteiger charge is -2.37. The average molecular weight is 283 g/mol. The molecule has 0 fully saturated rings. The molecule has 1 aliphatic rings. The van der Waals surface area contributed by atoms with E-state index in [0.29, 0.717) is 6.54 Å². The van der Waals surface area contributed by atoms with Gasteiger partial charge >= 0.3 is 0 Å². The normalized spacial score (nSPS) is 17.6. The quantitative estimate of drug-likeness (QED) is 0.792. The van der Waals surface area contributed by atoms with Gasteiger partial charge in [-0.2, -0.15) is 0 Å². The number of alkyl halides is 1. The van der Waals surface area contributed by atoms with Crippen molar-refractivity contribution in [2.24, 2.45) is 0 Å². The van der Waals surface area contributed by atoms with E-state index < -0.39 is 0 Å². The van der Waals surface area contributed by atoms with E-state index in [0.717, 1.165) is 24.5 Å². The molecule has 0 saturated heterocycles. The Hall–Kier alpha value is -1.42. The van der Waals surface area contributed by atoms with Crippen LogP contribution in [0, 0.1) is 0 Å². The zero-order valence-electron chi connectivity index (χ0n) is 11.3. The van der Waals surface area contributed by atoms with Gasteiger partial charge in [0.25, 0.3) is 0 Å². The molecule has 0 N–H and O–H groups in total. The molecule has 1 heterocycles. The maximum atomic E-state index is 11.5. The first-order valence-electron chi connectivity index (χ1n) is 6.46. The fourth-order valence-electron chi connectivity index (χ4n) is 2.28. The van der Waals surface area contributed by atoms with E-state index in [-0.39, 0.29) is 17.9 Å². The summed E-state index contributed by atoms with van der Waals surface area (Å²) in [5.74, 6) is 0.816. The first-order valence-corrected chi connectivity index (χ1v) is 6.99. The predicted molar refractivity (Wildman–Crippen MR) is 77.1 cm³/mol. The summed E-state index contributed by atoms with van der Waals surface area (Å²) in [4.78, 5) is 15.4. The van der Waals surface area contributed by atoms with Crippen LogP contribution in [0.3, 0.4) is 0 Å². The lowest BCUT2D eigenvalue weighted by Crippen LogP contribution is -2.47. The molecule has 1 atom stereocenters. The van der Waals surface area contributed by atoms with Crippen molar-refractivity contribution in [1.82, 2.24) is 4.90 Å². The predicted octanol–water partition coefficient (Wildman–Crippen LogP) is 1.97. The van der Waals surface area contributed by atoms with Crippen molar-refractivity contribution >= 4 is 23.2 Å². The third-order valence-electron chi connectivity index (χ3n) is 3.32. The van der Waals surface area contributed by atoms with Crippen LogP contribution in [-0.2, 0) is 4.79 Å². The molecule has 0 aromatic heterocycles. The zero-order chi connectivity index (χ0) is 13.8. The number of rotatable bonds is 4. The van der Waals surface area contributed by atoms with Crippen LogP contribution in [0.15, 0.2) is 24.3 Å². The van der Waals surface area contributed by atoms with E-state index >= 15 is 0 Å². The minimum atomic E-state index is -0.0767. The number of benzene rings is 1. The highest BCUT2D eigenvalue weighted by Gasteiger charge is 2.26. The molecular weight excluding hydrogens is 264 g/mol. The van der Waals surface area contributed by atoms with Crippen molar-refractivity contribution in [3.63, 3.8) is 0 Å². The molecule has 5 heteroatoms. The smallest absolute Gasteiger partial charge is 0.237 e. The SMILES string of the molecule is CCN1CC(CN(C)C(=O)CCl)Oc2ccccc21. The second kappa shape index (κ2) is 6.15. The highest BCUT2D eigenvalue weighted by atomic mass is 35.5. The van der Waals surface area contributed by atoms with E-state index in [2.05, 4.69) is 17.9 Å². The topological polar surface area (TPSA) is 32.8 Å². The van der Waals surface area contributed by atoms with Gasteiger partial charge in [0.15, 0.2) is 0 Å². The molecule has 1 aromatic rings. The Kier molecular flexibility index (Phi) is 4.53. The van der Waals surface area contributed by atoms with Crippen LogP contribution in [0.5, 0.6) is 5.75 Å². The maximum absolute atomic E-state index is 11.5. The van der Waals surface area contributed by atoms with Crippen LogP contribution in [0.2, 0.25) is 0 Å². The van der Waals surface area contributed by atoms with Gasteiger partial charge in [-0.15, -0.1) is 11.6 Å². The molecule has 0 saturated carbocycles. The van der Waals surface area contributed by atoms with E-state index in [4.69, 9.17) is 16.3 Å². The number of likely N-dealkylation sites (N-methyl/N-ethyl adjacent to an activating group) is 2. The molecule has 0 radical (unpaired) electrons. The van der Waals surface area contributed by atoms with Gasteiger partial charge in [-0.1, -0.05) is 12.1 Å². The first kappa shape index (κ1) is 14.0. The summed E-state index contributed by atoms with van der Waals surface area (Å²) in [5, 5.41) is 0. The number of carbonyl (C=O) groups is 1. The minimum absolute atomic E-state index is 0.0112. The second-order valence-corrected chi connectivity index (χ2v) is 4.92. The summed E-state index contributed by atoms with van der Waals surface area (Å²) in [6.07, 6.45) is -0.0213. The van der Waals surface area contributed by atoms with Gasteiger partial charge in [-0.25, -0.2) is 0 Å². The largest absolute Gasteiger partial charge is 0.485 e. The Morgan fingerprint density at radius 1 is 1.53 bits per heavy atom. The van der Waals surface area contributed by atoms with Crippen LogP contribution in [0.25, 0.3) is 0 Å². The van der Waals surface area contributed by atoms with E-state index in [1.807, 2.05) is 18.2 Å². The van der Waals surface area contributed by atoms with Gasteiger partial charge < -0.3 is 14.5 Å². The number of carbonyl (C=O) groups excluding carboxylic acids is 1. The maximum Gasteiger partial charge on any atom is 0.237 e. The number of halogens is 1. The van der Waals surface area contributed by atoms with Gasteiger partial charge in [-0.05, 0) is 19.1 Å². The highest BCUT2D eigenvalue weighted by molar-refractivity contribution is 6.27. The second-order valence-electron chi connectivity index (χ2n) is 4.65. The molecule has 0 aliphatic carbocycles. The van der Waals surface area contributed by atoms with Crippen molar-refractivity contribution in [3.05, 3.63) is 24.3 Å². The van der Waals surface area contributed by atoms with Crippen LogP contribution < -0.4 is 9.64 Å². The van der Waals surface area contributed by atoms with Crippen LogP contribution in [0.1, 0.15) is 6.92 Å². The number of hydrogen-bond acceptors (Lipinski definition) is 3. The molecule has 1 amide bonds. The van der Waals surface area contributed by atoms with Crippen molar-refractivity contribution in [2.45, 2.75) is 13.0 Å². The van der Waals surface area contributed by atoms with E-state index in [9.17, 15) is 4.79 Å². The van der Waals surface area contributed by atoms with Gasteiger partial charge in [0, 0.05) is 13.6 Å². The number of hydrogen-bond donors (Lipinski definition) is 0. The molecule has 1 unspecified atom stereocenters. The highest BCUT2D eigenvalue weighted by Crippen LogP contribution is 2.32. The van der Waals surface area contributed by atoms with Crippen LogP contribution >= 0.6 is 11.6 Å². The molecular formula is C14H19ClN2O2. The number of nitrogens with zero attached hydrogens (tertiary/aromatic N) is 2. The lowest BCUT2D eigenvalue weighted by atomic mass is 10.2. The monoisotopic (exact) mass is 282 g/mol. The summed E-state index contributed by atoms with van der Waals surface area (Å²) < 4.78 is 5.95. The molecule has 0 bridgehead atoms. The van der Waals surface area contributed by atoms with Gasteiger partial charge in [0.05, 0.1) is 18.8 Å². The third-order valence-corrected chi connectivity index (χ3v) is 3.55. The Balaban J connectivity index is 2.09. The van der Waals surface area contributed by atoms with Crippen molar-refractivity contribution in [3.8, 4) is 5.75 Å². The van der Waals surface area contributed by atoms with Gasteiger partial charge in [-0.3, -0.25) is 4.79 Å². The van der Waals surface area contributed by atoms with Crippen molar-refractivity contribution in [2.75, 3.05) is 37.5 Å². The number of para-hydroxylation sites is 2. The molecule has 0 spiro atoms. The summed E-state index contributed by atoms with van der Waals surface area (Å²) in [5.41, 5.74) is 1.12. The zero-order valence-corrected chi connectivity index (χ0v) is 12.1. The molecule has 1 aromatic carbocycles. The van der Waals surface area contributed by atoms with E-state index in [1.54, 1.807) is 11.9 Å². The lowest BCUT2D eigenvalue weighted by molar-refractivity contribution is -0.128. The minimum Gasteiger partial charge on any atom is -0.485 e. The Morgan fingerprint density at radius 2 is 2.26 bits per heavy atom. The number of anilines is 1. The molecule has 104 valence electrons. The molecule has 19 heavy (non-hydrogen) atoms. The average Bonchev–Trinajstić information content (AvgIpc) is 2.45. The molecule has 2 rings (SSSR count). The summed E-state index contributed by atoms with van der Waals surface area (Å²) in [7, 11) is 1.75. The molecule has 4 nitrogen and oxygen atoms in total. The summed E-state index contributed by atoms with van der Waals surface area (Å²) in [6, 6.07) is 7.99. The Morgan fingerprint density at radius 3 is 2.95 bits per heavy atom. The van der Waals surface area contributed by atoms with Crippen LogP contribution in [-0.4, -0.2) is 49.5 Å². The van der Waals surface area contributed by atoms with Gasteiger partial charge in [0.1, 0.15) is 17.7 Å². The van der Waals surface area contributed by atoms with Crippen molar-refractivity contribution in [1.29, 1.82) is 0 Å². The number of amides is 1. The first-order chi connectivity index (χ1) is 9.15. The standard InChI is InChI=1S/C14H19ClN2O2/c1-3-17-10-11(9-16(2)14(18)8-15)19-13-7-5-4-6-12(13)17/h4-7,11H,3,8-10H2,1-2H3. The third kappa shape index (κ3) is 3.13. The summed E-state index contributed by atoms with van der Waals surface area (Å²) >= 11 is 5.56. The van der Waals surface area contributed by atoms with E-state index in [1.165, 1.54) is 0 Å². The van der Waals surface area contributed by atoms with Crippen LogP contribution in [0.4, 0.5) is 5.69 Å². The fourth-order valence-corrected chi connectivity index (χ4v) is 2.49. The van der Waals surface area contributed by atoms with Crippen molar-refractivity contribution < 1.29 is 9.53 Å².